The number of nitrogens with zero attached hydrogens (tertiary/aromatic N) is 1. The Morgan fingerprint density at radius 2 is 2.21 bits per heavy atom. The lowest BCUT2D eigenvalue weighted by molar-refractivity contribution is 1.10. The van der Waals surface area contributed by atoms with E-state index in [4.69, 9.17) is 17.3 Å². The quantitative estimate of drug-likeness (QED) is 0.755. The molecule has 0 amide bonds. The molecule has 4 heteroatoms. The van der Waals surface area contributed by atoms with E-state index in [0.29, 0.717) is 5.82 Å². The molecular formula is C10H10ClN3. The number of hydrogen-bond acceptors (Lipinski definition) is 2. The number of H-pyrrole nitrogens is 1. The first kappa shape index (κ1) is 9.09. The summed E-state index contributed by atoms with van der Waals surface area (Å²) in [7, 11) is 0. The number of nitrogens with two attached hydrogens (primary N) is 1. The molecule has 14 heavy (non-hydrogen) atoms. The number of anilines is 1. The Kier molecular flexibility index (Phi) is 2.17. The molecule has 1 aromatic carbocycles. The summed E-state index contributed by atoms with van der Waals surface area (Å²) in [5, 5.41) is 7.52. The fourth-order valence-corrected chi connectivity index (χ4v) is 1.53. The van der Waals surface area contributed by atoms with Crippen molar-refractivity contribution in [3.8, 4) is 11.3 Å². The van der Waals surface area contributed by atoms with Gasteiger partial charge in [-0.25, -0.2) is 0 Å². The first-order valence-corrected chi connectivity index (χ1v) is 4.62. The van der Waals surface area contributed by atoms with Gasteiger partial charge in [0.25, 0.3) is 0 Å². The Bertz CT molecular complexity index is 462. The summed E-state index contributed by atoms with van der Waals surface area (Å²) in [5.41, 5.74) is 8.39. The molecule has 72 valence electrons. The minimum Gasteiger partial charge on any atom is -0.384 e. The van der Waals surface area contributed by atoms with Crippen LogP contribution in [0, 0.1) is 6.92 Å². The lowest BCUT2D eigenvalue weighted by Crippen LogP contribution is -1.84. The Morgan fingerprint density at radius 1 is 1.43 bits per heavy atom. The lowest BCUT2D eigenvalue weighted by Gasteiger charge is -2.03. The zero-order valence-corrected chi connectivity index (χ0v) is 8.47. The van der Waals surface area contributed by atoms with E-state index in [1.165, 1.54) is 0 Å². The number of halogens is 1. The molecule has 2 aromatic rings. The highest BCUT2D eigenvalue weighted by Gasteiger charge is 2.07. The number of nitrogen functional groups attached to an aromatic ring is 1. The van der Waals surface area contributed by atoms with E-state index in [0.717, 1.165) is 21.8 Å². The van der Waals surface area contributed by atoms with Crippen molar-refractivity contribution < 1.29 is 0 Å². The van der Waals surface area contributed by atoms with Crippen LogP contribution in [0.25, 0.3) is 11.3 Å². The first-order chi connectivity index (χ1) is 6.68. The van der Waals surface area contributed by atoms with Gasteiger partial charge in [0.1, 0.15) is 5.82 Å². The summed E-state index contributed by atoms with van der Waals surface area (Å²) in [4.78, 5) is 0. The van der Waals surface area contributed by atoms with Gasteiger partial charge in [0.2, 0.25) is 0 Å². The van der Waals surface area contributed by atoms with E-state index >= 15 is 0 Å². The zero-order chi connectivity index (χ0) is 10.1. The predicted molar refractivity (Wildman–Crippen MR) is 58.2 cm³/mol. The molecule has 0 aliphatic carbocycles. The van der Waals surface area contributed by atoms with Gasteiger partial charge >= 0.3 is 0 Å². The van der Waals surface area contributed by atoms with Crippen LogP contribution < -0.4 is 5.73 Å². The fraction of sp³-hybridized carbons (Fsp3) is 0.100. The van der Waals surface area contributed by atoms with Crippen LogP contribution in [0.2, 0.25) is 5.02 Å². The molecule has 0 aliphatic rings. The van der Waals surface area contributed by atoms with Crippen LogP contribution in [0.4, 0.5) is 5.82 Å². The van der Waals surface area contributed by atoms with Crippen LogP contribution in [-0.2, 0) is 0 Å². The van der Waals surface area contributed by atoms with E-state index in [-0.39, 0.29) is 0 Å². The van der Waals surface area contributed by atoms with E-state index in [2.05, 4.69) is 10.2 Å². The smallest absolute Gasteiger partial charge is 0.119 e. The van der Waals surface area contributed by atoms with Crippen molar-refractivity contribution in [2.45, 2.75) is 6.92 Å². The topological polar surface area (TPSA) is 54.7 Å². The van der Waals surface area contributed by atoms with Gasteiger partial charge in [-0.3, -0.25) is 5.10 Å². The number of hydrogen-bond donors (Lipinski definition) is 2. The van der Waals surface area contributed by atoms with Gasteiger partial charge in [0.15, 0.2) is 0 Å². The van der Waals surface area contributed by atoms with Crippen molar-refractivity contribution in [1.82, 2.24) is 10.2 Å². The fourth-order valence-electron chi connectivity index (χ4n) is 1.36. The second-order valence-electron chi connectivity index (χ2n) is 3.12. The van der Waals surface area contributed by atoms with Gasteiger partial charge in [-0.05, 0) is 18.6 Å². The Balaban J connectivity index is 2.57. The first-order valence-electron chi connectivity index (χ1n) is 4.25. The monoisotopic (exact) mass is 207 g/mol. The third-order valence-electron chi connectivity index (χ3n) is 2.14. The average molecular weight is 208 g/mol. The van der Waals surface area contributed by atoms with E-state index in [1.54, 1.807) is 6.07 Å². The highest BCUT2D eigenvalue weighted by atomic mass is 35.5. The van der Waals surface area contributed by atoms with Crippen LogP contribution >= 0.6 is 11.6 Å². The van der Waals surface area contributed by atoms with E-state index in [9.17, 15) is 0 Å². The SMILES string of the molecule is Cc1c(Cl)cccc1-c1cc(N)[nH]n1. The van der Waals surface area contributed by atoms with Crippen LogP contribution in [0.1, 0.15) is 5.56 Å². The van der Waals surface area contributed by atoms with E-state index < -0.39 is 0 Å². The molecule has 0 saturated carbocycles. The number of benzene rings is 1. The highest BCUT2D eigenvalue weighted by molar-refractivity contribution is 6.31. The molecule has 3 nitrogen and oxygen atoms in total. The molecule has 1 aromatic heterocycles. The van der Waals surface area contributed by atoms with Gasteiger partial charge in [-0.1, -0.05) is 23.7 Å². The van der Waals surface area contributed by atoms with Crippen LogP contribution in [0.15, 0.2) is 24.3 Å². The number of nitrogens with one attached hydrogen (secondary N) is 1. The van der Waals surface area contributed by atoms with Crippen molar-refractivity contribution in [3.05, 3.63) is 34.9 Å². The normalized spacial score (nSPS) is 10.4. The molecule has 0 spiro atoms. The van der Waals surface area contributed by atoms with E-state index in [1.807, 2.05) is 25.1 Å². The van der Waals surface area contributed by atoms with Gasteiger partial charge in [0.05, 0.1) is 5.69 Å². The molecule has 0 fully saturated rings. The Labute approximate surface area is 86.9 Å². The van der Waals surface area contributed by atoms with Crippen molar-refractivity contribution in [3.63, 3.8) is 0 Å². The Morgan fingerprint density at radius 3 is 2.86 bits per heavy atom. The van der Waals surface area contributed by atoms with Crippen LogP contribution in [-0.4, -0.2) is 10.2 Å². The summed E-state index contributed by atoms with van der Waals surface area (Å²) in [5.74, 6) is 0.555. The number of rotatable bonds is 1. The molecule has 1 heterocycles. The molecule has 0 unspecified atom stereocenters. The van der Waals surface area contributed by atoms with Gasteiger partial charge in [-0.2, -0.15) is 5.10 Å². The predicted octanol–water partition coefficient (Wildman–Crippen LogP) is 2.62. The van der Waals surface area contributed by atoms with Crippen molar-refractivity contribution in [2.75, 3.05) is 5.73 Å². The van der Waals surface area contributed by atoms with Crippen molar-refractivity contribution >= 4 is 17.4 Å². The summed E-state index contributed by atoms with van der Waals surface area (Å²) < 4.78 is 0. The molecule has 0 radical (unpaired) electrons. The summed E-state index contributed by atoms with van der Waals surface area (Å²) in [6.45, 7) is 1.96. The zero-order valence-electron chi connectivity index (χ0n) is 7.71. The number of aromatic amines is 1. The minimum atomic E-state index is 0.555. The third-order valence-corrected chi connectivity index (χ3v) is 2.55. The third kappa shape index (κ3) is 1.46. The largest absolute Gasteiger partial charge is 0.384 e. The molecule has 3 N–H and O–H groups in total. The Hall–Kier alpha value is -1.48. The molecule has 2 rings (SSSR count). The highest BCUT2D eigenvalue weighted by Crippen LogP contribution is 2.27. The molecular weight excluding hydrogens is 198 g/mol. The summed E-state index contributed by atoms with van der Waals surface area (Å²) in [6.07, 6.45) is 0. The molecule has 0 aliphatic heterocycles. The molecule has 0 atom stereocenters. The van der Waals surface area contributed by atoms with Gasteiger partial charge in [0, 0.05) is 16.7 Å². The second kappa shape index (κ2) is 3.35. The van der Waals surface area contributed by atoms with Crippen molar-refractivity contribution in [2.24, 2.45) is 0 Å². The van der Waals surface area contributed by atoms with Gasteiger partial charge < -0.3 is 5.73 Å². The van der Waals surface area contributed by atoms with Gasteiger partial charge in [-0.15, -0.1) is 0 Å². The lowest BCUT2D eigenvalue weighted by atomic mass is 10.1. The maximum Gasteiger partial charge on any atom is 0.119 e. The average Bonchev–Trinajstić information content (AvgIpc) is 2.57. The maximum absolute atomic E-state index is 6.00. The maximum atomic E-state index is 6.00. The summed E-state index contributed by atoms with van der Waals surface area (Å²) in [6, 6.07) is 7.52. The number of aromatic nitrogens is 2. The van der Waals surface area contributed by atoms with Crippen LogP contribution in [0.5, 0.6) is 0 Å². The second-order valence-corrected chi connectivity index (χ2v) is 3.53. The molecule has 0 saturated heterocycles. The molecule has 0 bridgehead atoms. The summed E-state index contributed by atoms with van der Waals surface area (Å²) >= 11 is 6.00. The standard InChI is InChI=1S/C10H10ClN3/c1-6-7(3-2-4-8(6)11)9-5-10(12)14-13-9/h2-5H,1H3,(H3,12,13,14). The minimum absolute atomic E-state index is 0.555. The van der Waals surface area contributed by atoms with Crippen LogP contribution in [0.3, 0.4) is 0 Å². The van der Waals surface area contributed by atoms with Crippen molar-refractivity contribution in [1.29, 1.82) is 0 Å².